The molecule has 2 N–H and O–H groups in total. The van der Waals surface area contributed by atoms with Crippen LogP contribution in [0.2, 0.25) is 0 Å². The normalized spacial score (nSPS) is 12.4. The van der Waals surface area contributed by atoms with Crippen molar-refractivity contribution in [1.29, 1.82) is 0 Å². The number of nitrogens with zero attached hydrogens (tertiary/aromatic N) is 1. The summed E-state index contributed by atoms with van der Waals surface area (Å²) in [7, 11) is -3.75. The zero-order valence-corrected chi connectivity index (χ0v) is 13.9. The Balaban J connectivity index is 2.20. The third-order valence-electron chi connectivity index (χ3n) is 2.85. The predicted molar refractivity (Wildman–Crippen MR) is 87.8 cm³/mol. The van der Waals surface area contributed by atoms with Crippen molar-refractivity contribution in [3.8, 4) is 0 Å². The summed E-state index contributed by atoms with van der Waals surface area (Å²) in [6, 6.07) is 14.0. The number of amidine groups is 1. The summed E-state index contributed by atoms with van der Waals surface area (Å²) in [5, 5.41) is 0. The number of sulfonamides is 1. The summed E-state index contributed by atoms with van der Waals surface area (Å²) < 4.78 is 28.9. The molecule has 4 nitrogen and oxygen atoms in total. The first-order chi connectivity index (χ1) is 9.87. The molecule has 6 heteroatoms. The van der Waals surface area contributed by atoms with Gasteiger partial charge in [-0.1, -0.05) is 45.8 Å². The van der Waals surface area contributed by atoms with Crippen LogP contribution < -0.4 is 5.73 Å². The van der Waals surface area contributed by atoms with Gasteiger partial charge < -0.3 is 5.73 Å². The molecular formula is C15H15BrN2O2S. The molecule has 2 aromatic rings. The Hall–Kier alpha value is -1.66. The van der Waals surface area contributed by atoms with Gasteiger partial charge in [-0.05, 0) is 36.8 Å². The summed E-state index contributed by atoms with van der Waals surface area (Å²) in [5.74, 6) is 0.0675. The second kappa shape index (κ2) is 6.41. The van der Waals surface area contributed by atoms with Crippen LogP contribution in [-0.4, -0.2) is 14.3 Å². The zero-order valence-electron chi connectivity index (χ0n) is 11.5. The minimum atomic E-state index is -3.75. The van der Waals surface area contributed by atoms with E-state index in [-0.39, 0.29) is 10.7 Å². The Labute approximate surface area is 132 Å². The maximum absolute atomic E-state index is 12.1. The van der Waals surface area contributed by atoms with E-state index in [1.165, 1.54) is 12.1 Å². The highest BCUT2D eigenvalue weighted by molar-refractivity contribution is 9.10. The molecular weight excluding hydrogens is 352 g/mol. The van der Waals surface area contributed by atoms with Gasteiger partial charge >= 0.3 is 0 Å². The van der Waals surface area contributed by atoms with Crippen LogP contribution in [-0.2, 0) is 16.4 Å². The Morgan fingerprint density at radius 1 is 1.10 bits per heavy atom. The second-order valence-corrected chi connectivity index (χ2v) is 7.19. The Kier molecular flexibility index (Phi) is 4.80. The lowest BCUT2D eigenvalue weighted by Crippen LogP contribution is -2.17. The van der Waals surface area contributed by atoms with Gasteiger partial charge in [0.2, 0.25) is 0 Å². The zero-order chi connectivity index (χ0) is 15.5. The van der Waals surface area contributed by atoms with Gasteiger partial charge in [0.15, 0.2) is 0 Å². The van der Waals surface area contributed by atoms with E-state index < -0.39 is 10.0 Å². The number of aryl methyl sites for hydroxylation is 1. The van der Waals surface area contributed by atoms with Crippen LogP contribution in [0, 0.1) is 6.92 Å². The van der Waals surface area contributed by atoms with Crippen LogP contribution in [0.15, 0.2) is 62.3 Å². The van der Waals surface area contributed by atoms with Crippen molar-refractivity contribution in [1.82, 2.24) is 0 Å². The predicted octanol–water partition coefficient (Wildman–Crippen LogP) is 3.05. The molecule has 0 saturated heterocycles. The summed E-state index contributed by atoms with van der Waals surface area (Å²) in [6.07, 6.45) is 0.290. The fraction of sp³-hybridized carbons (Fsp3) is 0.133. The maximum atomic E-state index is 12.1. The molecule has 0 radical (unpaired) electrons. The molecule has 0 spiro atoms. The summed E-state index contributed by atoms with van der Waals surface area (Å²) in [6.45, 7) is 1.89. The SMILES string of the molecule is Cc1ccc(S(=O)(=O)/N=C(\N)Cc2ccc(Br)cc2)cc1. The van der Waals surface area contributed by atoms with Crippen molar-refractivity contribution < 1.29 is 8.42 Å². The minimum Gasteiger partial charge on any atom is -0.386 e. The molecule has 0 fully saturated rings. The Morgan fingerprint density at radius 2 is 1.67 bits per heavy atom. The summed E-state index contributed by atoms with van der Waals surface area (Å²) in [4.78, 5) is 0.145. The molecule has 2 rings (SSSR count). The number of nitrogens with two attached hydrogens (primary N) is 1. The van der Waals surface area contributed by atoms with Crippen molar-refractivity contribution in [2.45, 2.75) is 18.2 Å². The molecule has 0 atom stereocenters. The fourth-order valence-electron chi connectivity index (χ4n) is 1.76. The molecule has 110 valence electrons. The standard InChI is InChI=1S/C15H15BrN2O2S/c1-11-2-8-14(9-3-11)21(19,20)18-15(17)10-12-4-6-13(16)7-5-12/h2-9H,10H2,1H3,(H2,17,18). The lowest BCUT2D eigenvalue weighted by Gasteiger charge is -2.03. The van der Waals surface area contributed by atoms with E-state index in [0.717, 1.165) is 15.6 Å². The van der Waals surface area contributed by atoms with Gasteiger partial charge in [0, 0.05) is 10.9 Å². The van der Waals surface area contributed by atoms with Crippen LogP contribution in [0.25, 0.3) is 0 Å². The number of hydrogen-bond donors (Lipinski definition) is 1. The van der Waals surface area contributed by atoms with Crippen molar-refractivity contribution in [2.24, 2.45) is 10.1 Å². The third-order valence-corrected chi connectivity index (χ3v) is 4.73. The molecule has 0 aromatic heterocycles. The summed E-state index contributed by atoms with van der Waals surface area (Å²) >= 11 is 3.34. The molecule has 2 aromatic carbocycles. The third kappa shape index (κ3) is 4.41. The van der Waals surface area contributed by atoms with Crippen LogP contribution in [0.4, 0.5) is 0 Å². The molecule has 0 bridgehead atoms. The maximum Gasteiger partial charge on any atom is 0.283 e. The first-order valence-electron chi connectivity index (χ1n) is 6.27. The van der Waals surface area contributed by atoms with Crippen LogP contribution >= 0.6 is 15.9 Å². The molecule has 0 aliphatic heterocycles. The van der Waals surface area contributed by atoms with Crippen molar-refractivity contribution in [2.75, 3.05) is 0 Å². The molecule has 0 aliphatic carbocycles. The van der Waals surface area contributed by atoms with Gasteiger partial charge in [-0.2, -0.15) is 8.42 Å². The van der Waals surface area contributed by atoms with Crippen molar-refractivity contribution in [3.05, 3.63) is 64.1 Å². The Bertz CT molecular complexity index is 751. The van der Waals surface area contributed by atoms with Gasteiger partial charge in [-0.15, -0.1) is 4.40 Å². The van der Waals surface area contributed by atoms with Gasteiger partial charge in [0.1, 0.15) is 5.84 Å². The smallest absolute Gasteiger partial charge is 0.283 e. The fourth-order valence-corrected chi connectivity index (χ4v) is 2.98. The van der Waals surface area contributed by atoms with E-state index >= 15 is 0 Å². The average Bonchev–Trinajstić information content (AvgIpc) is 2.41. The lowest BCUT2D eigenvalue weighted by molar-refractivity contribution is 0.598. The van der Waals surface area contributed by atoms with Gasteiger partial charge in [0.25, 0.3) is 10.0 Å². The monoisotopic (exact) mass is 366 g/mol. The number of hydrogen-bond acceptors (Lipinski definition) is 2. The molecule has 0 unspecified atom stereocenters. The number of halogens is 1. The first kappa shape index (κ1) is 15.7. The van der Waals surface area contributed by atoms with E-state index in [1.54, 1.807) is 12.1 Å². The molecule has 0 saturated carbocycles. The Morgan fingerprint density at radius 3 is 2.24 bits per heavy atom. The minimum absolute atomic E-state index is 0.0675. The lowest BCUT2D eigenvalue weighted by atomic mass is 10.1. The largest absolute Gasteiger partial charge is 0.386 e. The molecule has 0 amide bonds. The highest BCUT2D eigenvalue weighted by Crippen LogP contribution is 2.14. The second-order valence-electron chi connectivity index (χ2n) is 4.67. The number of benzene rings is 2. The van der Waals surface area contributed by atoms with Crippen molar-refractivity contribution >= 4 is 31.8 Å². The van der Waals surface area contributed by atoms with Gasteiger partial charge in [-0.3, -0.25) is 0 Å². The number of rotatable bonds is 4. The quantitative estimate of drug-likeness (QED) is 0.667. The highest BCUT2D eigenvalue weighted by atomic mass is 79.9. The van der Waals surface area contributed by atoms with Gasteiger partial charge in [-0.25, -0.2) is 0 Å². The van der Waals surface area contributed by atoms with E-state index in [0.29, 0.717) is 6.42 Å². The topological polar surface area (TPSA) is 72.5 Å². The van der Waals surface area contributed by atoms with Crippen LogP contribution in [0.5, 0.6) is 0 Å². The summed E-state index contributed by atoms with van der Waals surface area (Å²) in [5.41, 5.74) is 7.64. The van der Waals surface area contributed by atoms with E-state index in [9.17, 15) is 8.42 Å². The van der Waals surface area contributed by atoms with E-state index in [2.05, 4.69) is 20.3 Å². The highest BCUT2D eigenvalue weighted by Gasteiger charge is 2.13. The molecule has 0 aliphatic rings. The van der Waals surface area contributed by atoms with E-state index in [1.807, 2.05) is 31.2 Å². The van der Waals surface area contributed by atoms with Crippen LogP contribution in [0.3, 0.4) is 0 Å². The average molecular weight is 367 g/mol. The van der Waals surface area contributed by atoms with Crippen molar-refractivity contribution in [3.63, 3.8) is 0 Å². The van der Waals surface area contributed by atoms with Gasteiger partial charge in [0.05, 0.1) is 4.90 Å². The van der Waals surface area contributed by atoms with E-state index in [4.69, 9.17) is 5.73 Å². The first-order valence-corrected chi connectivity index (χ1v) is 8.50. The molecule has 0 heterocycles. The van der Waals surface area contributed by atoms with Crippen LogP contribution in [0.1, 0.15) is 11.1 Å². The molecule has 21 heavy (non-hydrogen) atoms.